The van der Waals surface area contributed by atoms with Crippen molar-refractivity contribution in [1.82, 2.24) is 4.90 Å². The van der Waals surface area contributed by atoms with Gasteiger partial charge in [-0.1, -0.05) is 18.2 Å². The van der Waals surface area contributed by atoms with Crippen molar-refractivity contribution in [3.05, 3.63) is 65.5 Å². The lowest BCUT2D eigenvalue weighted by atomic mass is 10.1. The molecule has 1 atom stereocenters. The van der Waals surface area contributed by atoms with Gasteiger partial charge in [0.2, 0.25) is 0 Å². The highest BCUT2D eigenvalue weighted by Crippen LogP contribution is 2.20. The van der Waals surface area contributed by atoms with Crippen LogP contribution in [0.1, 0.15) is 22.3 Å². The van der Waals surface area contributed by atoms with Gasteiger partial charge in [-0.2, -0.15) is 0 Å². The molecule has 24 heavy (non-hydrogen) atoms. The lowest BCUT2D eigenvalue weighted by molar-refractivity contribution is 0.0787. The fraction of sp³-hybridized carbons (Fsp3) is 0.316. The minimum Gasteiger partial charge on any atom is -0.381 e. The molecule has 0 aliphatic carbocycles. The van der Waals surface area contributed by atoms with Crippen LogP contribution in [0.25, 0.3) is 0 Å². The molecule has 1 amide bonds. The summed E-state index contributed by atoms with van der Waals surface area (Å²) in [6.07, 6.45) is 0.977. The molecular weight excluding hydrogens is 305 g/mol. The molecule has 0 spiro atoms. The molecule has 0 aromatic heterocycles. The number of nitrogens with one attached hydrogen (secondary N) is 1. The maximum atomic E-state index is 12.9. The number of carbonyl (C=O) groups excluding carboxylic acids is 1. The smallest absolute Gasteiger partial charge is 0.253 e. The molecule has 4 nitrogen and oxygen atoms in total. The third-order valence-corrected chi connectivity index (χ3v) is 4.43. The molecule has 2 aromatic rings. The predicted octanol–water partition coefficient (Wildman–Crippen LogP) is 2.86. The number of nitrogens with two attached hydrogens (primary N) is 1. The monoisotopic (exact) mass is 327 g/mol. The number of anilines is 1. The molecule has 2 aromatic carbocycles. The Hall–Kier alpha value is -2.40. The minimum absolute atomic E-state index is 0.0522. The van der Waals surface area contributed by atoms with Gasteiger partial charge in [0.1, 0.15) is 5.82 Å². The Morgan fingerprint density at radius 2 is 2.04 bits per heavy atom. The van der Waals surface area contributed by atoms with Crippen LogP contribution in [0.15, 0.2) is 48.5 Å². The highest BCUT2D eigenvalue weighted by atomic mass is 19.1. The van der Waals surface area contributed by atoms with Crippen molar-refractivity contribution in [2.75, 3.05) is 25.0 Å². The molecular formula is C19H22FN3O. The Morgan fingerprint density at radius 3 is 2.75 bits per heavy atom. The Balaban J connectivity index is 1.63. The van der Waals surface area contributed by atoms with Crippen LogP contribution in [0.4, 0.5) is 10.1 Å². The van der Waals surface area contributed by atoms with Crippen molar-refractivity contribution in [3.8, 4) is 0 Å². The van der Waals surface area contributed by atoms with Crippen molar-refractivity contribution >= 4 is 11.6 Å². The lowest BCUT2D eigenvalue weighted by Gasteiger charge is -2.17. The standard InChI is InChI=1S/C19H22FN3O/c20-17-6-4-14(5-7-17)12-22-18-3-1-2-16(10-18)19(24)23-9-8-15(11-21)13-23/h1-7,10,15,22H,8-9,11-13,21H2/t15-/m0/s1. The van der Waals surface area contributed by atoms with Crippen molar-refractivity contribution in [2.45, 2.75) is 13.0 Å². The second-order valence-corrected chi connectivity index (χ2v) is 6.20. The number of hydrogen-bond donors (Lipinski definition) is 2. The van der Waals surface area contributed by atoms with E-state index in [9.17, 15) is 9.18 Å². The van der Waals surface area contributed by atoms with Crippen LogP contribution in [-0.4, -0.2) is 30.4 Å². The van der Waals surface area contributed by atoms with Crippen LogP contribution < -0.4 is 11.1 Å². The molecule has 0 saturated carbocycles. The molecule has 1 heterocycles. The Labute approximate surface area is 141 Å². The van der Waals surface area contributed by atoms with Crippen LogP contribution in [0.2, 0.25) is 0 Å². The van der Waals surface area contributed by atoms with E-state index in [-0.39, 0.29) is 11.7 Å². The van der Waals surface area contributed by atoms with E-state index in [2.05, 4.69) is 5.32 Å². The normalized spacial score (nSPS) is 17.1. The van der Waals surface area contributed by atoms with Gasteiger partial charge in [-0.25, -0.2) is 4.39 Å². The molecule has 3 N–H and O–H groups in total. The first kappa shape index (κ1) is 16.5. The van der Waals surface area contributed by atoms with Gasteiger partial charge in [0.05, 0.1) is 0 Å². The molecule has 0 bridgehead atoms. The van der Waals surface area contributed by atoms with Crippen LogP contribution >= 0.6 is 0 Å². The number of benzene rings is 2. The summed E-state index contributed by atoms with van der Waals surface area (Å²) >= 11 is 0. The topological polar surface area (TPSA) is 58.4 Å². The highest BCUT2D eigenvalue weighted by Gasteiger charge is 2.25. The van der Waals surface area contributed by atoms with E-state index in [1.54, 1.807) is 12.1 Å². The minimum atomic E-state index is -0.243. The van der Waals surface area contributed by atoms with E-state index in [0.717, 1.165) is 30.8 Å². The van der Waals surface area contributed by atoms with Gasteiger partial charge in [-0.05, 0) is 54.8 Å². The highest BCUT2D eigenvalue weighted by molar-refractivity contribution is 5.95. The van der Waals surface area contributed by atoms with Gasteiger partial charge in [-0.3, -0.25) is 4.79 Å². The van der Waals surface area contributed by atoms with Gasteiger partial charge in [0.25, 0.3) is 5.91 Å². The van der Waals surface area contributed by atoms with Crippen molar-refractivity contribution in [2.24, 2.45) is 11.7 Å². The average Bonchev–Trinajstić information content (AvgIpc) is 3.10. The number of halogens is 1. The summed E-state index contributed by atoms with van der Waals surface area (Å²) in [7, 11) is 0. The Kier molecular flexibility index (Phi) is 5.11. The number of rotatable bonds is 5. The second kappa shape index (κ2) is 7.45. The molecule has 1 aliphatic heterocycles. The van der Waals surface area contributed by atoms with Gasteiger partial charge in [-0.15, -0.1) is 0 Å². The second-order valence-electron chi connectivity index (χ2n) is 6.20. The zero-order chi connectivity index (χ0) is 16.9. The van der Waals surface area contributed by atoms with Crippen LogP contribution in [-0.2, 0) is 6.54 Å². The molecule has 1 fully saturated rings. The van der Waals surface area contributed by atoms with Crippen LogP contribution in [0.5, 0.6) is 0 Å². The van der Waals surface area contributed by atoms with Gasteiger partial charge in [0, 0.05) is 30.9 Å². The maximum Gasteiger partial charge on any atom is 0.253 e. The van der Waals surface area contributed by atoms with Crippen molar-refractivity contribution in [3.63, 3.8) is 0 Å². The summed E-state index contributed by atoms with van der Waals surface area (Å²) in [5.41, 5.74) is 8.23. The fourth-order valence-corrected chi connectivity index (χ4v) is 2.96. The van der Waals surface area contributed by atoms with E-state index in [4.69, 9.17) is 5.73 Å². The maximum absolute atomic E-state index is 12.9. The van der Waals surface area contributed by atoms with E-state index in [1.807, 2.05) is 29.2 Å². The lowest BCUT2D eigenvalue weighted by Crippen LogP contribution is -2.29. The summed E-state index contributed by atoms with van der Waals surface area (Å²) < 4.78 is 12.9. The molecule has 1 aliphatic rings. The summed E-state index contributed by atoms with van der Waals surface area (Å²) in [5, 5.41) is 3.27. The van der Waals surface area contributed by atoms with E-state index in [1.165, 1.54) is 12.1 Å². The Bertz CT molecular complexity index is 702. The number of likely N-dealkylation sites (tertiary alicyclic amines) is 1. The van der Waals surface area contributed by atoms with Crippen LogP contribution in [0.3, 0.4) is 0 Å². The van der Waals surface area contributed by atoms with E-state index in [0.29, 0.717) is 24.6 Å². The number of hydrogen-bond acceptors (Lipinski definition) is 3. The third kappa shape index (κ3) is 3.92. The Morgan fingerprint density at radius 1 is 1.25 bits per heavy atom. The molecule has 5 heteroatoms. The largest absolute Gasteiger partial charge is 0.381 e. The number of carbonyl (C=O) groups is 1. The first-order valence-electron chi connectivity index (χ1n) is 8.23. The van der Waals surface area contributed by atoms with Gasteiger partial charge in [0.15, 0.2) is 0 Å². The molecule has 126 valence electrons. The molecule has 1 saturated heterocycles. The third-order valence-electron chi connectivity index (χ3n) is 4.43. The zero-order valence-electron chi connectivity index (χ0n) is 13.5. The van der Waals surface area contributed by atoms with Gasteiger partial charge < -0.3 is 16.0 Å². The SMILES string of the molecule is NC[C@@H]1CCN(C(=O)c2cccc(NCc3ccc(F)cc3)c2)C1. The van der Waals surface area contributed by atoms with Crippen molar-refractivity contribution < 1.29 is 9.18 Å². The predicted molar refractivity (Wildman–Crippen MR) is 93.2 cm³/mol. The van der Waals surface area contributed by atoms with E-state index < -0.39 is 0 Å². The molecule has 0 unspecified atom stereocenters. The van der Waals surface area contributed by atoms with Crippen LogP contribution in [0, 0.1) is 11.7 Å². The first-order valence-corrected chi connectivity index (χ1v) is 8.23. The quantitative estimate of drug-likeness (QED) is 0.888. The zero-order valence-corrected chi connectivity index (χ0v) is 13.5. The average molecular weight is 327 g/mol. The number of nitrogens with zero attached hydrogens (tertiary/aromatic N) is 1. The van der Waals surface area contributed by atoms with E-state index >= 15 is 0 Å². The molecule has 3 rings (SSSR count). The van der Waals surface area contributed by atoms with Crippen molar-refractivity contribution in [1.29, 1.82) is 0 Å². The molecule has 0 radical (unpaired) electrons. The summed E-state index contributed by atoms with van der Waals surface area (Å²) in [5.74, 6) is 0.220. The summed E-state index contributed by atoms with van der Waals surface area (Å²) in [6.45, 7) is 2.72. The number of amides is 1. The first-order chi connectivity index (χ1) is 11.7. The van der Waals surface area contributed by atoms with Gasteiger partial charge >= 0.3 is 0 Å². The fourth-order valence-electron chi connectivity index (χ4n) is 2.96. The summed E-state index contributed by atoms with van der Waals surface area (Å²) in [6, 6.07) is 13.9. The summed E-state index contributed by atoms with van der Waals surface area (Å²) in [4.78, 5) is 14.5.